The molecule has 3 atom stereocenters. The highest BCUT2D eigenvalue weighted by atomic mass is 79.9. The van der Waals surface area contributed by atoms with Crippen LogP contribution in [0.3, 0.4) is 0 Å². The Labute approximate surface area is 147 Å². The lowest BCUT2D eigenvalue weighted by Gasteiger charge is -2.57. The fourth-order valence-electron chi connectivity index (χ4n) is 3.22. The number of nitrogens with two attached hydrogens (primary N) is 1. The second kappa shape index (κ2) is 6.91. The number of hydrogen-bond acceptors (Lipinski definition) is 3. The number of halogens is 1. The predicted octanol–water partition coefficient (Wildman–Crippen LogP) is 3.03. The van der Waals surface area contributed by atoms with Crippen LogP contribution in [0.2, 0.25) is 0 Å². The molecule has 1 aromatic carbocycles. The van der Waals surface area contributed by atoms with E-state index in [1.54, 1.807) is 0 Å². The third-order valence-corrected chi connectivity index (χ3v) is 5.87. The minimum absolute atomic E-state index is 0.0172. The van der Waals surface area contributed by atoms with Crippen LogP contribution in [0.1, 0.15) is 39.7 Å². The summed E-state index contributed by atoms with van der Waals surface area (Å²) in [4.78, 5) is 12.7. The molecule has 128 valence electrons. The van der Waals surface area contributed by atoms with Gasteiger partial charge in [0.05, 0.1) is 6.10 Å². The Kier molecular flexibility index (Phi) is 5.54. The first-order valence-corrected chi connectivity index (χ1v) is 8.96. The lowest BCUT2D eigenvalue weighted by molar-refractivity contribution is -0.171. The molecule has 1 aromatic rings. The number of amides is 1. The van der Waals surface area contributed by atoms with E-state index in [1.807, 2.05) is 45.9 Å². The fourth-order valence-corrected chi connectivity index (χ4v) is 3.66. The number of carbonyl (C=O) groups excluding carboxylic acids is 1. The van der Waals surface area contributed by atoms with E-state index >= 15 is 0 Å². The van der Waals surface area contributed by atoms with Gasteiger partial charge in [-0.1, -0.05) is 48.0 Å². The molecule has 1 aliphatic carbocycles. The van der Waals surface area contributed by atoms with Gasteiger partial charge >= 0.3 is 0 Å². The summed E-state index contributed by atoms with van der Waals surface area (Å²) in [5.41, 5.74) is 6.36. The highest BCUT2D eigenvalue weighted by Gasteiger charge is 2.62. The van der Waals surface area contributed by atoms with Crippen molar-refractivity contribution >= 4 is 21.8 Å². The molecule has 1 saturated carbocycles. The van der Waals surface area contributed by atoms with Gasteiger partial charge in [-0.15, -0.1) is 0 Å². The summed E-state index contributed by atoms with van der Waals surface area (Å²) < 4.78 is 6.75. The van der Waals surface area contributed by atoms with Gasteiger partial charge in [0.2, 0.25) is 5.91 Å². The van der Waals surface area contributed by atoms with Crippen molar-refractivity contribution in [3.8, 4) is 0 Å². The zero-order valence-corrected chi connectivity index (χ0v) is 15.9. The maximum Gasteiger partial charge on any atom is 0.241 e. The van der Waals surface area contributed by atoms with Crippen molar-refractivity contribution < 1.29 is 9.53 Å². The number of benzene rings is 1. The first-order valence-electron chi connectivity index (χ1n) is 8.17. The summed E-state index contributed by atoms with van der Waals surface area (Å²) in [5.74, 6) is -0.0852. The van der Waals surface area contributed by atoms with Crippen molar-refractivity contribution in [3.63, 3.8) is 0 Å². The van der Waals surface area contributed by atoms with Crippen LogP contribution in [-0.4, -0.2) is 30.2 Å². The SMILES string of the molecule is CCOC1CC(N)(C(=O)NC(C)Cc2ccccc2Br)C1(C)C. The zero-order chi connectivity index (χ0) is 17.3. The summed E-state index contributed by atoms with van der Waals surface area (Å²) in [6.45, 7) is 8.63. The third-order valence-electron chi connectivity index (χ3n) is 5.10. The van der Waals surface area contributed by atoms with E-state index in [1.165, 1.54) is 5.56 Å². The molecule has 23 heavy (non-hydrogen) atoms. The van der Waals surface area contributed by atoms with Crippen LogP contribution in [0.15, 0.2) is 28.7 Å². The highest BCUT2D eigenvalue weighted by Crippen LogP contribution is 2.49. The van der Waals surface area contributed by atoms with Gasteiger partial charge in [0.1, 0.15) is 5.54 Å². The topological polar surface area (TPSA) is 64.3 Å². The van der Waals surface area contributed by atoms with E-state index in [0.717, 1.165) is 10.9 Å². The van der Waals surface area contributed by atoms with Gasteiger partial charge in [-0.05, 0) is 31.9 Å². The lowest BCUT2D eigenvalue weighted by atomic mass is 9.54. The average Bonchev–Trinajstić information content (AvgIpc) is 2.49. The minimum atomic E-state index is -0.866. The lowest BCUT2D eigenvalue weighted by Crippen LogP contribution is -2.76. The molecule has 1 fully saturated rings. The Morgan fingerprint density at radius 1 is 1.48 bits per heavy atom. The standard InChI is InChI=1S/C18H27BrN2O2/c1-5-23-15-11-18(20,17(15,3)4)16(22)21-12(2)10-13-8-6-7-9-14(13)19/h6-9,12,15H,5,10-11,20H2,1-4H3,(H,21,22). The van der Waals surface area contributed by atoms with Crippen molar-refractivity contribution in [2.75, 3.05) is 6.61 Å². The average molecular weight is 383 g/mol. The van der Waals surface area contributed by atoms with E-state index in [9.17, 15) is 4.79 Å². The van der Waals surface area contributed by atoms with Gasteiger partial charge in [0.15, 0.2) is 0 Å². The molecular formula is C18H27BrN2O2. The quantitative estimate of drug-likeness (QED) is 0.794. The van der Waals surface area contributed by atoms with Crippen molar-refractivity contribution in [1.82, 2.24) is 5.32 Å². The summed E-state index contributed by atoms with van der Waals surface area (Å²) in [6.07, 6.45) is 1.38. The maximum atomic E-state index is 12.7. The minimum Gasteiger partial charge on any atom is -0.378 e. The molecule has 1 aliphatic rings. The Morgan fingerprint density at radius 2 is 2.13 bits per heavy atom. The molecule has 3 N–H and O–H groups in total. The molecule has 0 bridgehead atoms. The first-order chi connectivity index (χ1) is 10.7. The Balaban J connectivity index is 1.98. The molecule has 1 amide bonds. The van der Waals surface area contributed by atoms with Crippen LogP contribution in [0, 0.1) is 5.41 Å². The molecule has 0 aliphatic heterocycles. The van der Waals surface area contributed by atoms with Gasteiger partial charge in [-0.3, -0.25) is 4.79 Å². The monoisotopic (exact) mass is 382 g/mol. The van der Waals surface area contributed by atoms with Crippen LogP contribution in [0.25, 0.3) is 0 Å². The van der Waals surface area contributed by atoms with Crippen molar-refractivity contribution in [2.24, 2.45) is 11.1 Å². The van der Waals surface area contributed by atoms with Crippen LogP contribution in [0.4, 0.5) is 0 Å². The molecule has 0 spiro atoms. The predicted molar refractivity (Wildman–Crippen MR) is 96.2 cm³/mol. The highest BCUT2D eigenvalue weighted by molar-refractivity contribution is 9.10. The van der Waals surface area contributed by atoms with E-state index in [4.69, 9.17) is 10.5 Å². The van der Waals surface area contributed by atoms with Crippen LogP contribution >= 0.6 is 15.9 Å². The summed E-state index contributed by atoms with van der Waals surface area (Å²) in [6, 6.07) is 8.07. The van der Waals surface area contributed by atoms with Crippen molar-refractivity contribution in [2.45, 2.75) is 58.2 Å². The third kappa shape index (κ3) is 3.47. The molecule has 0 radical (unpaired) electrons. The van der Waals surface area contributed by atoms with Gasteiger partial charge < -0.3 is 15.8 Å². The summed E-state index contributed by atoms with van der Waals surface area (Å²) in [5, 5.41) is 3.08. The van der Waals surface area contributed by atoms with Gasteiger partial charge in [0.25, 0.3) is 0 Å². The molecule has 2 rings (SSSR count). The smallest absolute Gasteiger partial charge is 0.241 e. The molecule has 0 aromatic heterocycles. The van der Waals surface area contributed by atoms with E-state index < -0.39 is 5.54 Å². The van der Waals surface area contributed by atoms with E-state index in [2.05, 4.69) is 27.3 Å². The Hall–Kier alpha value is -0.910. The second-order valence-electron chi connectivity index (χ2n) is 7.01. The number of rotatable bonds is 6. The fraction of sp³-hybridized carbons (Fsp3) is 0.611. The number of carbonyl (C=O) groups is 1. The van der Waals surface area contributed by atoms with Gasteiger partial charge in [-0.25, -0.2) is 0 Å². The largest absolute Gasteiger partial charge is 0.378 e. The molecule has 0 saturated heterocycles. The summed E-state index contributed by atoms with van der Waals surface area (Å²) >= 11 is 3.54. The molecule has 5 heteroatoms. The van der Waals surface area contributed by atoms with E-state index in [-0.39, 0.29) is 23.5 Å². The van der Waals surface area contributed by atoms with Crippen LogP contribution < -0.4 is 11.1 Å². The maximum absolute atomic E-state index is 12.7. The van der Waals surface area contributed by atoms with Crippen LogP contribution in [-0.2, 0) is 16.0 Å². The van der Waals surface area contributed by atoms with Crippen molar-refractivity contribution in [1.29, 1.82) is 0 Å². The van der Waals surface area contributed by atoms with Crippen molar-refractivity contribution in [3.05, 3.63) is 34.3 Å². The Bertz CT molecular complexity index is 576. The summed E-state index contributed by atoms with van der Waals surface area (Å²) in [7, 11) is 0. The second-order valence-corrected chi connectivity index (χ2v) is 7.87. The normalized spacial score (nSPS) is 27.1. The number of ether oxygens (including phenoxy) is 1. The Morgan fingerprint density at radius 3 is 2.70 bits per heavy atom. The molecule has 4 nitrogen and oxygen atoms in total. The van der Waals surface area contributed by atoms with Gasteiger partial charge in [-0.2, -0.15) is 0 Å². The first kappa shape index (κ1) is 18.4. The zero-order valence-electron chi connectivity index (χ0n) is 14.4. The van der Waals surface area contributed by atoms with Crippen LogP contribution in [0.5, 0.6) is 0 Å². The number of nitrogens with one attached hydrogen (secondary N) is 1. The van der Waals surface area contributed by atoms with Gasteiger partial charge in [0, 0.05) is 29.0 Å². The molecule has 0 heterocycles. The number of hydrogen-bond donors (Lipinski definition) is 2. The van der Waals surface area contributed by atoms with E-state index in [0.29, 0.717) is 13.0 Å². The molecular weight excluding hydrogens is 356 g/mol. The molecule has 3 unspecified atom stereocenters.